The van der Waals surface area contributed by atoms with Gasteiger partial charge in [-0.1, -0.05) is 6.92 Å². The zero-order chi connectivity index (χ0) is 13.8. The van der Waals surface area contributed by atoms with Gasteiger partial charge in [-0.05, 0) is 6.42 Å². The molecule has 1 heterocycles. The molecule has 0 radical (unpaired) electrons. The molecule has 2 atom stereocenters. The van der Waals surface area contributed by atoms with E-state index in [0.29, 0.717) is 6.42 Å². The summed E-state index contributed by atoms with van der Waals surface area (Å²) < 4.78 is 22.4. The number of carbonyl (C=O) groups is 2. The van der Waals surface area contributed by atoms with Gasteiger partial charge >= 0.3 is 5.97 Å². The first kappa shape index (κ1) is 15.3. The highest BCUT2D eigenvalue weighted by molar-refractivity contribution is 8.02. The van der Waals surface area contributed by atoms with Crippen LogP contribution in [0.25, 0.3) is 0 Å². The van der Waals surface area contributed by atoms with E-state index in [4.69, 9.17) is 5.11 Å². The van der Waals surface area contributed by atoms with Crippen LogP contribution in [0.15, 0.2) is 0 Å². The fraction of sp³-hybridized carbons (Fsp3) is 0.800. The van der Waals surface area contributed by atoms with Gasteiger partial charge < -0.3 is 10.4 Å². The number of thioether (sulfide) groups is 1. The highest BCUT2D eigenvalue weighted by Gasteiger charge is 2.28. The van der Waals surface area contributed by atoms with Crippen LogP contribution in [-0.4, -0.2) is 54.5 Å². The molecule has 0 aromatic heterocycles. The minimum Gasteiger partial charge on any atom is -0.481 e. The van der Waals surface area contributed by atoms with Crippen molar-refractivity contribution in [2.75, 3.05) is 23.8 Å². The van der Waals surface area contributed by atoms with Gasteiger partial charge in [0, 0.05) is 11.8 Å². The molecule has 1 amide bonds. The third-order valence-corrected chi connectivity index (χ3v) is 5.95. The Labute approximate surface area is 110 Å². The summed E-state index contributed by atoms with van der Waals surface area (Å²) in [5, 5.41) is 11.1. The number of amides is 1. The van der Waals surface area contributed by atoms with E-state index < -0.39 is 21.7 Å². The summed E-state index contributed by atoms with van der Waals surface area (Å²) in [5.41, 5.74) is 0. The van der Waals surface area contributed by atoms with E-state index in [1.54, 1.807) is 0 Å². The van der Waals surface area contributed by atoms with E-state index in [2.05, 4.69) is 5.32 Å². The van der Waals surface area contributed by atoms with Crippen LogP contribution in [0.4, 0.5) is 0 Å². The van der Waals surface area contributed by atoms with Crippen LogP contribution in [0, 0.1) is 5.92 Å². The third-order valence-electron chi connectivity index (χ3n) is 2.67. The normalized spacial score (nSPS) is 23.5. The summed E-state index contributed by atoms with van der Waals surface area (Å²) in [7, 11) is -2.91. The number of aliphatic carboxylic acids is 1. The smallest absolute Gasteiger partial charge is 0.308 e. The summed E-state index contributed by atoms with van der Waals surface area (Å²) in [5.74, 6) is -1.32. The van der Waals surface area contributed by atoms with Gasteiger partial charge in [-0.3, -0.25) is 9.59 Å². The molecule has 2 unspecified atom stereocenters. The molecule has 1 aliphatic rings. The first-order valence-electron chi connectivity index (χ1n) is 5.61. The molecule has 0 spiro atoms. The molecular formula is C10H17NO5S2. The Bertz CT molecular complexity index is 420. The van der Waals surface area contributed by atoms with Gasteiger partial charge in [0.05, 0.1) is 23.2 Å². The summed E-state index contributed by atoms with van der Waals surface area (Å²) in [6.45, 7) is 1.61. The first-order valence-corrected chi connectivity index (χ1v) is 8.48. The van der Waals surface area contributed by atoms with Gasteiger partial charge in [0.25, 0.3) is 0 Å². The van der Waals surface area contributed by atoms with Crippen molar-refractivity contribution >= 4 is 33.5 Å². The lowest BCUT2D eigenvalue weighted by Crippen LogP contribution is -2.33. The molecule has 1 fully saturated rings. The average molecular weight is 295 g/mol. The van der Waals surface area contributed by atoms with Crippen LogP contribution in [0.5, 0.6) is 0 Å². The van der Waals surface area contributed by atoms with Crippen LogP contribution >= 0.6 is 11.8 Å². The van der Waals surface area contributed by atoms with Crippen LogP contribution in [0.3, 0.4) is 0 Å². The summed E-state index contributed by atoms with van der Waals surface area (Å²) in [4.78, 5) is 21.9. The number of hydrogen-bond acceptors (Lipinski definition) is 5. The zero-order valence-electron chi connectivity index (χ0n) is 10.1. The van der Waals surface area contributed by atoms with Crippen LogP contribution in [-0.2, 0) is 19.4 Å². The second kappa shape index (κ2) is 6.42. The minimum atomic E-state index is -2.91. The zero-order valence-corrected chi connectivity index (χ0v) is 11.7. The van der Waals surface area contributed by atoms with E-state index in [0.717, 1.165) is 0 Å². The Morgan fingerprint density at radius 3 is 2.67 bits per heavy atom. The van der Waals surface area contributed by atoms with Gasteiger partial charge in [-0.25, -0.2) is 8.42 Å². The Morgan fingerprint density at radius 1 is 1.50 bits per heavy atom. The number of sulfone groups is 1. The van der Waals surface area contributed by atoms with E-state index in [1.165, 1.54) is 18.7 Å². The van der Waals surface area contributed by atoms with Gasteiger partial charge in [0.1, 0.15) is 0 Å². The van der Waals surface area contributed by atoms with Gasteiger partial charge in [0.2, 0.25) is 5.91 Å². The molecule has 0 aliphatic carbocycles. The SMILES string of the molecule is CC(CNC(=O)CSC1CCS(=O)(=O)C1)C(=O)O. The summed E-state index contributed by atoms with van der Waals surface area (Å²) in [6.07, 6.45) is 0.589. The molecule has 104 valence electrons. The Hall–Kier alpha value is -0.760. The Balaban J connectivity index is 2.20. The van der Waals surface area contributed by atoms with Gasteiger partial charge in [-0.2, -0.15) is 0 Å². The van der Waals surface area contributed by atoms with Crippen LogP contribution in [0.2, 0.25) is 0 Å². The van der Waals surface area contributed by atoms with E-state index >= 15 is 0 Å². The number of nitrogens with one attached hydrogen (secondary N) is 1. The minimum absolute atomic E-state index is 0.0161. The Kier molecular flexibility index (Phi) is 5.46. The molecule has 0 aromatic rings. The van der Waals surface area contributed by atoms with Crippen LogP contribution in [0.1, 0.15) is 13.3 Å². The molecule has 1 rings (SSSR count). The maximum absolute atomic E-state index is 11.4. The predicted octanol–water partition coefficient (Wildman–Crippen LogP) is -0.256. The van der Waals surface area contributed by atoms with Gasteiger partial charge in [-0.15, -0.1) is 11.8 Å². The highest BCUT2D eigenvalue weighted by Crippen LogP contribution is 2.23. The van der Waals surface area contributed by atoms with Gasteiger partial charge in [0.15, 0.2) is 9.84 Å². The monoisotopic (exact) mass is 295 g/mol. The molecule has 0 saturated carbocycles. The number of carbonyl (C=O) groups excluding carboxylic acids is 1. The molecule has 1 aliphatic heterocycles. The van der Waals surface area contributed by atoms with Crippen molar-refractivity contribution in [2.24, 2.45) is 5.92 Å². The second-order valence-corrected chi connectivity index (χ2v) is 7.90. The lowest BCUT2D eigenvalue weighted by molar-refractivity contribution is -0.141. The number of carboxylic acids is 1. The van der Waals surface area contributed by atoms with Crippen molar-refractivity contribution in [3.63, 3.8) is 0 Å². The molecule has 1 saturated heterocycles. The molecule has 6 nitrogen and oxygen atoms in total. The predicted molar refractivity (Wildman–Crippen MR) is 69.3 cm³/mol. The number of carboxylic acid groups (broad SMARTS) is 1. The van der Waals surface area contributed by atoms with E-state index in [1.807, 2.05) is 0 Å². The van der Waals surface area contributed by atoms with E-state index in [-0.39, 0.29) is 35.0 Å². The molecule has 0 aromatic carbocycles. The van der Waals surface area contributed by atoms with Crippen molar-refractivity contribution in [3.05, 3.63) is 0 Å². The molecule has 8 heteroatoms. The second-order valence-electron chi connectivity index (χ2n) is 4.38. The van der Waals surface area contributed by atoms with Crippen molar-refractivity contribution in [3.8, 4) is 0 Å². The maximum atomic E-state index is 11.4. The Morgan fingerprint density at radius 2 is 2.17 bits per heavy atom. The number of hydrogen-bond donors (Lipinski definition) is 2. The van der Waals surface area contributed by atoms with Crippen molar-refractivity contribution in [1.82, 2.24) is 5.32 Å². The topological polar surface area (TPSA) is 101 Å². The first-order chi connectivity index (χ1) is 8.30. The molecule has 18 heavy (non-hydrogen) atoms. The standard InChI is InChI=1S/C10H17NO5S2/c1-7(10(13)14)4-11-9(12)5-17-8-2-3-18(15,16)6-8/h7-8H,2-6H2,1H3,(H,11,12)(H,13,14). The average Bonchev–Trinajstić information content (AvgIpc) is 2.62. The van der Waals surface area contributed by atoms with E-state index in [9.17, 15) is 18.0 Å². The third kappa shape index (κ3) is 5.26. The quantitative estimate of drug-likeness (QED) is 0.700. The lowest BCUT2D eigenvalue weighted by atomic mass is 10.2. The van der Waals surface area contributed by atoms with Crippen LogP contribution < -0.4 is 5.32 Å². The largest absolute Gasteiger partial charge is 0.481 e. The highest BCUT2D eigenvalue weighted by atomic mass is 32.2. The number of rotatable bonds is 6. The van der Waals surface area contributed by atoms with Crippen molar-refractivity contribution in [1.29, 1.82) is 0 Å². The fourth-order valence-electron chi connectivity index (χ4n) is 1.49. The summed E-state index contributed by atoms with van der Waals surface area (Å²) >= 11 is 1.32. The molecule has 0 bridgehead atoms. The lowest BCUT2D eigenvalue weighted by Gasteiger charge is -2.10. The van der Waals surface area contributed by atoms with Crippen molar-refractivity contribution in [2.45, 2.75) is 18.6 Å². The van der Waals surface area contributed by atoms with Crippen molar-refractivity contribution < 1.29 is 23.1 Å². The fourth-order valence-corrected chi connectivity index (χ4v) is 4.96. The molecular weight excluding hydrogens is 278 g/mol. The summed E-state index contributed by atoms with van der Waals surface area (Å²) in [6, 6.07) is 0. The molecule has 2 N–H and O–H groups in total. The maximum Gasteiger partial charge on any atom is 0.308 e.